The number of thiazole rings is 1. The molecule has 0 saturated carbocycles. The predicted octanol–water partition coefficient (Wildman–Crippen LogP) is 3.23. The third-order valence-corrected chi connectivity index (χ3v) is 3.97. The summed E-state index contributed by atoms with van der Waals surface area (Å²) in [4.78, 5) is 20.0. The summed E-state index contributed by atoms with van der Waals surface area (Å²) in [7, 11) is 0. The molecule has 2 heterocycles. The number of benzene rings is 1. The van der Waals surface area contributed by atoms with E-state index in [0.717, 1.165) is 23.5 Å². The van der Waals surface area contributed by atoms with Crippen molar-refractivity contribution in [2.45, 2.75) is 26.2 Å². The van der Waals surface area contributed by atoms with Gasteiger partial charge in [-0.1, -0.05) is 16.5 Å². The zero-order valence-corrected chi connectivity index (χ0v) is 12.9. The number of carbonyl (C=O) groups excluding carboxylic acids is 1. The van der Waals surface area contributed by atoms with E-state index in [1.165, 1.54) is 0 Å². The Hall–Kier alpha value is -2.42. The number of hydrogen-bond donors (Lipinski definition) is 1. The van der Waals surface area contributed by atoms with Crippen LogP contribution in [0.5, 0.6) is 0 Å². The van der Waals surface area contributed by atoms with Crippen LogP contribution in [0, 0.1) is 18.6 Å². The third-order valence-electron chi connectivity index (χ3n) is 3.04. The number of halogens is 2. The summed E-state index contributed by atoms with van der Waals surface area (Å²) in [5.41, 5.74) is 0.311. The van der Waals surface area contributed by atoms with Crippen molar-refractivity contribution in [3.8, 4) is 0 Å². The molecule has 0 radical (unpaired) electrons. The summed E-state index contributed by atoms with van der Waals surface area (Å²) in [6.07, 6.45) is 1.30. The number of nitrogens with one attached hydrogen (secondary N) is 1. The Kier molecular flexibility index (Phi) is 4.28. The summed E-state index contributed by atoms with van der Waals surface area (Å²) in [6.45, 7) is 1.72. The number of amides is 1. The average molecular weight is 338 g/mol. The Morgan fingerprint density at radius 2 is 2.09 bits per heavy atom. The highest BCUT2D eigenvalue weighted by Gasteiger charge is 2.12. The monoisotopic (exact) mass is 338 g/mol. The molecule has 0 atom stereocenters. The fourth-order valence-corrected chi connectivity index (χ4v) is 2.89. The number of nitrogens with zero attached hydrogens (tertiary/aromatic N) is 3. The summed E-state index contributed by atoms with van der Waals surface area (Å²) in [5.74, 6) is -1.09. The maximum Gasteiger partial charge on any atom is 0.226 e. The standard InChI is InChI=1S/C14H12F2N4O2S/c1-7-17-13(22-20-7)4-2-3-12(21)19-14-18-10-5-8(15)9(16)6-11(10)23-14/h5-6H,2-4H2,1H3,(H,18,19,21). The first-order valence-electron chi connectivity index (χ1n) is 6.86. The topological polar surface area (TPSA) is 80.9 Å². The molecule has 0 aliphatic carbocycles. The smallest absolute Gasteiger partial charge is 0.226 e. The molecule has 9 heteroatoms. The van der Waals surface area contributed by atoms with Crippen molar-refractivity contribution in [1.82, 2.24) is 15.1 Å². The minimum Gasteiger partial charge on any atom is -0.339 e. The number of fused-ring (bicyclic) bond motifs is 1. The quantitative estimate of drug-likeness (QED) is 0.772. The maximum absolute atomic E-state index is 13.1. The van der Waals surface area contributed by atoms with E-state index in [-0.39, 0.29) is 12.3 Å². The van der Waals surface area contributed by atoms with Crippen LogP contribution in [-0.2, 0) is 11.2 Å². The first kappa shape index (κ1) is 15.5. The molecule has 0 aliphatic heterocycles. The number of carbonyl (C=O) groups is 1. The fourth-order valence-electron chi connectivity index (χ4n) is 2.00. The molecule has 2 aromatic heterocycles. The largest absolute Gasteiger partial charge is 0.339 e. The first-order chi connectivity index (χ1) is 11.0. The van der Waals surface area contributed by atoms with Gasteiger partial charge in [0.2, 0.25) is 11.8 Å². The van der Waals surface area contributed by atoms with E-state index in [0.29, 0.717) is 39.9 Å². The lowest BCUT2D eigenvalue weighted by Crippen LogP contribution is -2.11. The van der Waals surface area contributed by atoms with Gasteiger partial charge in [-0.15, -0.1) is 0 Å². The molecule has 0 fully saturated rings. The highest BCUT2D eigenvalue weighted by atomic mass is 32.1. The molecule has 0 spiro atoms. The molecule has 6 nitrogen and oxygen atoms in total. The van der Waals surface area contributed by atoms with Crippen molar-refractivity contribution in [3.05, 3.63) is 35.5 Å². The summed E-state index contributed by atoms with van der Waals surface area (Å²) in [6, 6.07) is 2.07. The second-order valence-corrected chi connectivity index (χ2v) is 5.92. The van der Waals surface area contributed by atoms with Crippen LogP contribution >= 0.6 is 11.3 Å². The van der Waals surface area contributed by atoms with Crippen molar-refractivity contribution >= 4 is 32.6 Å². The van der Waals surface area contributed by atoms with Crippen molar-refractivity contribution in [1.29, 1.82) is 0 Å². The molecule has 1 aromatic carbocycles. The van der Waals surface area contributed by atoms with Gasteiger partial charge in [-0.05, 0) is 19.4 Å². The van der Waals surface area contributed by atoms with E-state index in [2.05, 4.69) is 20.4 Å². The molecule has 3 rings (SSSR count). The van der Waals surface area contributed by atoms with Gasteiger partial charge in [-0.25, -0.2) is 13.8 Å². The van der Waals surface area contributed by atoms with Crippen molar-refractivity contribution in [2.24, 2.45) is 0 Å². The van der Waals surface area contributed by atoms with Gasteiger partial charge in [0.15, 0.2) is 22.6 Å². The minimum atomic E-state index is -0.962. The number of hydrogen-bond acceptors (Lipinski definition) is 6. The van der Waals surface area contributed by atoms with Gasteiger partial charge < -0.3 is 9.84 Å². The lowest BCUT2D eigenvalue weighted by atomic mass is 10.2. The summed E-state index contributed by atoms with van der Waals surface area (Å²) in [5, 5.41) is 6.59. The highest BCUT2D eigenvalue weighted by Crippen LogP contribution is 2.27. The lowest BCUT2D eigenvalue weighted by Gasteiger charge is -1.99. The van der Waals surface area contributed by atoms with Crippen molar-refractivity contribution in [3.63, 3.8) is 0 Å². The maximum atomic E-state index is 13.1. The zero-order valence-electron chi connectivity index (χ0n) is 12.1. The van der Waals surface area contributed by atoms with E-state index < -0.39 is 11.6 Å². The van der Waals surface area contributed by atoms with Crippen LogP contribution in [0.15, 0.2) is 16.7 Å². The molecule has 1 N–H and O–H groups in total. The number of aromatic nitrogens is 3. The van der Waals surface area contributed by atoms with Gasteiger partial charge >= 0.3 is 0 Å². The molecule has 0 saturated heterocycles. The van der Waals surface area contributed by atoms with Crippen LogP contribution in [0.2, 0.25) is 0 Å². The van der Waals surface area contributed by atoms with Crippen LogP contribution in [-0.4, -0.2) is 21.0 Å². The second-order valence-electron chi connectivity index (χ2n) is 4.89. The molecule has 120 valence electrons. The van der Waals surface area contributed by atoms with E-state index in [1.807, 2.05) is 0 Å². The van der Waals surface area contributed by atoms with E-state index >= 15 is 0 Å². The van der Waals surface area contributed by atoms with Gasteiger partial charge in [0.1, 0.15) is 0 Å². The van der Waals surface area contributed by atoms with Gasteiger partial charge in [-0.2, -0.15) is 4.98 Å². The van der Waals surface area contributed by atoms with Crippen LogP contribution < -0.4 is 5.32 Å². The fraction of sp³-hybridized carbons (Fsp3) is 0.286. The molecule has 1 amide bonds. The van der Waals surface area contributed by atoms with Crippen LogP contribution in [0.3, 0.4) is 0 Å². The molecule has 0 bridgehead atoms. The lowest BCUT2D eigenvalue weighted by molar-refractivity contribution is -0.116. The molecule has 0 aliphatic rings. The van der Waals surface area contributed by atoms with Gasteiger partial charge in [0.25, 0.3) is 0 Å². The SMILES string of the molecule is Cc1noc(CCCC(=O)Nc2nc3cc(F)c(F)cc3s2)n1. The Balaban J connectivity index is 1.57. The van der Waals surface area contributed by atoms with E-state index in [9.17, 15) is 13.6 Å². The Morgan fingerprint density at radius 1 is 1.30 bits per heavy atom. The van der Waals surface area contributed by atoms with Crippen molar-refractivity contribution < 1.29 is 18.1 Å². The Labute approximate surface area is 133 Å². The zero-order chi connectivity index (χ0) is 16.4. The molecule has 23 heavy (non-hydrogen) atoms. The normalized spacial score (nSPS) is 11.1. The number of rotatable bonds is 5. The average Bonchev–Trinajstić information content (AvgIpc) is 3.05. The predicted molar refractivity (Wildman–Crippen MR) is 80.1 cm³/mol. The van der Waals surface area contributed by atoms with Gasteiger partial charge in [0.05, 0.1) is 10.2 Å². The molecular formula is C14H12F2N4O2S. The molecular weight excluding hydrogens is 326 g/mol. The van der Waals surface area contributed by atoms with E-state index in [1.54, 1.807) is 6.92 Å². The van der Waals surface area contributed by atoms with Crippen molar-refractivity contribution in [2.75, 3.05) is 5.32 Å². The van der Waals surface area contributed by atoms with E-state index in [4.69, 9.17) is 4.52 Å². The first-order valence-corrected chi connectivity index (χ1v) is 7.67. The second kappa shape index (κ2) is 6.37. The minimum absolute atomic E-state index is 0.235. The van der Waals surface area contributed by atoms with Crippen LogP contribution in [0.4, 0.5) is 13.9 Å². The Morgan fingerprint density at radius 3 is 2.83 bits per heavy atom. The Bertz CT molecular complexity index is 823. The summed E-state index contributed by atoms with van der Waals surface area (Å²) < 4.78 is 31.7. The number of aryl methyl sites for hydroxylation is 2. The highest BCUT2D eigenvalue weighted by molar-refractivity contribution is 7.22. The molecule has 0 unspecified atom stereocenters. The molecule has 3 aromatic rings. The van der Waals surface area contributed by atoms with Crippen LogP contribution in [0.25, 0.3) is 10.2 Å². The van der Waals surface area contributed by atoms with Gasteiger partial charge in [-0.3, -0.25) is 4.79 Å². The number of anilines is 1. The third kappa shape index (κ3) is 3.67. The van der Waals surface area contributed by atoms with Gasteiger partial charge in [0, 0.05) is 18.9 Å². The summed E-state index contributed by atoms with van der Waals surface area (Å²) >= 11 is 1.09. The van der Waals surface area contributed by atoms with Crippen LogP contribution in [0.1, 0.15) is 24.6 Å².